The molecule has 1 aliphatic heterocycles. The highest BCUT2D eigenvalue weighted by Gasteiger charge is 2.32. The van der Waals surface area contributed by atoms with E-state index in [0.717, 1.165) is 15.7 Å². The predicted molar refractivity (Wildman–Crippen MR) is 96.9 cm³/mol. The summed E-state index contributed by atoms with van der Waals surface area (Å²) in [5.41, 5.74) is 3.96. The van der Waals surface area contributed by atoms with Gasteiger partial charge in [-0.25, -0.2) is 0 Å². The van der Waals surface area contributed by atoms with E-state index in [1.54, 1.807) is 4.90 Å². The Labute approximate surface area is 148 Å². The third-order valence-electron chi connectivity index (χ3n) is 4.69. The lowest BCUT2D eigenvalue weighted by atomic mass is 9.96. The van der Waals surface area contributed by atoms with Gasteiger partial charge >= 0.3 is 0 Å². The third kappa shape index (κ3) is 2.44. The molecule has 1 aromatic heterocycles. The molecule has 0 bridgehead atoms. The summed E-state index contributed by atoms with van der Waals surface area (Å²) >= 11 is 3.45. The molecule has 3 aromatic rings. The summed E-state index contributed by atoms with van der Waals surface area (Å²) in [6, 6.07) is 15.3. The number of aliphatic hydroxyl groups is 1. The summed E-state index contributed by atoms with van der Waals surface area (Å²) in [5, 5.41) is 11.0. The molecule has 0 fully saturated rings. The number of carbonyl (C=O) groups is 1. The number of aromatic nitrogens is 1. The van der Waals surface area contributed by atoms with Crippen molar-refractivity contribution in [2.45, 2.75) is 19.0 Å². The van der Waals surface area contributed by atoms with Gasteiger partial charge in [-0.05, 0) is 46.1 Å². The quantitative estimate of drug-likeness (QED) is 0.710. The molecule has 2 aromatic carbocycles. The van der Waals surface area contributed by atoms with Gasteiger partial charge in [0.1, 0.15) is 0 Å². The van der Waals surface area contributed by atoms with Gasteiger partial charge in [0.15, 0.2) is 0 Å². The minimum Gasteiger partial charge on any atom is -0.394 e. The molecule has 24 heavy (non-hydrogen) atoms. The highest BCUT2D eigenvalue weighted by atomic mass is 79.9. The van der Waals surface area contributed by atoms with Crippen molar-refractivity contribution in [1.82, 2.24) is 9.88 Å². The van der Waals surface area contributed by atoms with Crippen LogP contribution in [-0.4, -0.2) is 33.5 Å². The van der Waals surface area contributed by atoms with Crippen LogP contribution in [0.15, 0.2) is 53.0 Å². The van der Waals surface area contributed by atoms with Gasteiger partial charge in [0.2, 0.25) is 0 Å². The highest BCUT2D eigenvalue weighted by Crippen LogP contribution is 2.31. The Morgan fingerprint density at radius 3 is 2.75 bits per heavy atom. The second kappa shape index (κ2) is 6.07. The number of hydrogen-bond donors (Lipinski definition) is 2. The van der Waals surface area contributed by atoms with Crippen LogP contribution in [0.5, 0.6) is 0 Å². The predicted octanol–water partition coefficient (Wildman–Crippen LogP) is 3.49. The number of nitrogens with zero attached hydrogens (tertiary/aromatic N) is 1. The number of halogens is 1. The number of amides is 1. The maximum atomic E-state index is 13.0. The van der Waals surface area contributed by atoms with Crippen LogP contribution in [0.4, 0.5) is 0 Å². The number of nitrogens with one attached hydrogen (secondary N) is 1. The number of para-hydroxylation sites is 1. The zero-order valence-electron chi connectivity index (χ0n) is 13.0. The number of carbonyl (C=O) groups excluding carboxylic acids is 1. The second-order valence-corrected chi connectivity index (χ2v) is 6.94. The zero-order valence-corrected chi connectivity index (χ0v) is 14.6. The lowest BCUT2D eigenvalue weighted by Crippen LogP contribution is -2.46. The average Bonchev–Trinajstić information content (AvgIpc) is 2.98. The van der Waals surface area contributed by atoms with Gasteiger partial charge in [-0.15, -0.1) is 0 Å². The van der Waals surface area contributed by atoms with Gasteiger partial charge in [0.25, 0.3) is 5.91 Å². The van der Waals surface area contributed by atoms with E-state index < -0.39 is 0 Å². The molecule has 1 unspecified atom stereocenters. The largest absolute Gasteiger partial charge is 0.394 e. The average molecular weight is 385 g/mol. The van der Waals surface area contributed by atoms with Crippen molar-refractivity contribution in [3.63, 3.8) is 0 Å². The van der Waals surface area contributed by atoms with Crippen LogP contribution in [0.25, 0.3) is 10.9 Å². The van der Waals surface area contributed by atoms with Crippen LogP contribution >= 0.6 is 15.9 Å². The molecule has 1 atom stereocenters. The summed E-state index contributed by atoms with van der Waals surface area (Å²) in [6.07, 6.45) is 0.659. The Kier molecular flexibility index (Phi) is 3.90. The Bertz CT molecular complexity index is 919. The van der Waals surface area contributed by atoms with Crippen molar-refractivity contribution >= 4 is 32.7 Å². The number of benzene rings is 2. The molecule has 0 aliphatic carbocycles. The molecule has 122 valence electrons. The zero-order chi connectivity index (χ0) is 16.7. The third-order valence-corrected chi connectivity index (χ3v) is 5.38. The number of rotatable bonds is 2. The Balaban J connectivity index is 1.74. The first-order valence-corrected chi connectivity index (χ1v) is 8.73. The monoisotopic (exact) mass is 384 g/mol. The normalized spacial score (nSPS) is 17.1. The topological polar surface area (TPSA) is 56.3 Å². The smallest absolute Gasteiger partial charge is 0.255 e. The van der Waals surface area contributed by atoms with E-state index in [9.17, 15) is 9.90 Å². The van der Waals surface area contributed by atoms with Gasteiger partial charge in [-0.3, -0.25) is 4.79 Å². The molecule has 4 nitrogen and oxygen atoms in total. The first-order chi connectivity index (χ1) is 11.7. The fraction of sp³-hybridized carbons (Fsp3) is 0.211. The molecule has 1 aliphatic rings. The number of hydrogen-bond acceptors (Lipinski definition) is 2. The Morgan fingerprint density at radius 2 is 1.96 bits per heavy atom. The lowest BCUT2D eigenvalue weighted by molar-refractivity contribution is 0.0540. The van der Waals surface area contributed by atoms with Crippen LogP contribution in [0.2, 0.25) is 0 Å². The van der Waals surface area contributed by atoms with Gasteiger partial charge in [-0.1, -0.05) is 30.3 Å². The van der Waals surface area contributed by atoms with E-state index >= 15 is 0 Å². The van der Waals surface area contributed by atoms with E-state index in [-0.39, 0.29) is 18.6 Å². The van der Waals surface area contributed by atoms with Crippen molar-refractivity contribution in [3.8, 4) is 0 Å². The minimum atomic E-state index is -0.212. The lowest BCUT2D eigenvalue weighted by Gasteiger charge is -2.35. The Morgan fingerprint density at radius 1 is 1.21 bits per heavy atom. The van der Waals surface area contributed by atoms with Gasteiger partial charge in [-0.2, -0.15) is 0 Å². The summed E-state index contributed by atoms with van der Waals surface area (Å²) in [4.78, 5) is 18.2. The molecule has 2 N–H and O–H groups in total. The SMILES string of the molecule is O=C(c1ccccc1Br)N1Cc2[nH]c3ccccc3c2CC1CO. The van der Waals surface area contributed by atoms with Crippen molar-refractivity contribution in [2.75, 3.05) is 6.61 Å². The maximum Gasteiger partial charge on any atom is 0.255 e. The van der Waals surface area contributed by atoms with Crippen LogP contribution in [0.1, 0.15) is 21.6 Å². The van der Waals surface area contributed by atoms with Crippen LogP contribution in [0.3, 0.4) is 0 Å². The Hall–Kier alpha value is -2.11. The number of fused-ring (bicyclic) bond motifs is 3. The molecule has 1 amide bonds. The van der Waals surface area contributed by atoms with Crippen LogP contribution in [-0.2, 0) is 13.0 Å². The van der Waals surface area contributed by atoms with Crippen molar-refractivity contribution in [1.29, 1.82) is 0 Å². The molecule has 4 rings (SSSR count). The fourth-order valence-corrected chi connectivity index (χ4v) is 3.91. The maximum absolute atomic E-state index is 13.0. The van der Waals surface area contributed by atoms with Gasteiger partial charge in [0.05, 0.1) is 24.8 Å². The van der Waals surface area contributed by atoms with E-state index in [1.165, 1.54) is 10.9 Å². The first kappa shape index (κ1) is 15.4. The number of aromatic amines is 1. The molecule has 0 radical (unpaired) electrons. The van der Waals surface area contributed by atoms with Crippen LogP contribution in [0, 0.1) is 0 Å². The van der Waals surface area contributed by atoms with Crippen LogP contribution < -0.4 is 0 Å². The van der Waals surface area contributed by atoms with E-state index in [4.69, 9.17) is 0 Å². The van der Waals surface area contributed by atoms with Crippen molar-refractivity contribution in [2.24, 2.45) is 0 Å². The van der Waals surface area contributed by atoms with Crippen molar-refractivity contribution in [3.05, 3.63) is 69.8 Å². The highest BCUT2D eigenvalue weighted by molar-refractivity contribution is 9.10. The van der Waals surface area contributed by atoms with E-state index in [2.05, 4.69) is 27.0 Å². The minimum absolute atomic E-state index is 0.0465. The summed E-state index contributed by atoms with van der Waals surface area (Å²) in [7, 11) is 0. The van der Waals surface area contributed by atoms with Crippen molar-refractivity contribution < 1.29 is 9.90 Å². The van der Waals surface area contributed by atoms with Gasteiger partial charge in [0, 0.05) is 21.1 Å². The summed E-state index contributed by atoms with van der Waals surface area (Å²) in [6.45, 7) is 0.435. The van der Waals surface area contributed by atoms with E-state index in [1.807, 2.05) is 42.5 Å². The van der Waals surface area contributed by atoms with E-state index in [0.29, 0.717) is 18.5 Å². The molecule has 2 heterocycles. The molecular formula is C19H17BrN2O2. The molecule has 5 heteroatoms. The first-order valence-electron chi connectivity index (χ1n) is 7.94. The standard InChI is InChI=1S/C19H17BrN2O2/c20-16-7-3-1-6-14(16)19(24)22-10-18-15(9-12(22)11-23)13-5-2-4-8-17(13)21-18/h1-8,12,21,23H,9-11H2. The molecule has 0 spiro atoms. The molecule has 0 saturated carbocycles. The fourth-order valence-electron chi connectivity index (χ4n) is 3.46. The molecular weight excluding hydrogens is 368 g/mol. The summed E-state index contributed by atoms with van der Waals surface area (Å²) in [5.74, 6) is -0.0640. The number of aliphatic hydroxyl groups excluding tert-OH is 1. The molecule has 0 saturated heterocycles. The summed E-state index contributed by atoms with van der Waals surface area (Å²) < 4.78 is 0.772. The van der Waals surface area contributed by atoms with Gasteiger partial charge < -0.3 is 15.0 Å². The number of H-pyrrole nitrogens is 1. The second-order valence-electron chi connectivity index (χ2n) is 6.08.